The van der Waals surface area contributed by atoms with Gasteiger partial charge in [-0.15, -0.1) is 5.10 Å². The zero-order valence-corrected chi connectivity index (χ0v) is 19.4. The molecule has 10 nitrogen and oxygen atoms in total. The highest BCUT2D eigenvalue weighted by Crippen LogP contribution is 2.31. The molecule has 4 aromatic rings. The van der Waals surface area contributed by atoms with Crippen LogP contribution in [0, 0.1) is 0 Å². The number of methoxy groups -OCH3 is 1. The maximum absolute atomic E-state index is 13.1. The highest BCUT2D eigenvalue weighted by atomic mass is 16.5. The number of fused-ring (bicyclic) bond motifs is 1. The number of hydrogen-bond donors (Lipinski definition) is 4. The van der Waals surface area contributed by atoms with Gasteiger partial charge in [0.15, 0.2) is 11.3 Å². The number of imidazole rings is 1. The minimum atomic E-state index is -0.319. The molecule has 0 saturated heterocycles. The number of anilines is 4. The van der Waals surface area contributed by atoms with Crippen molar-refractivity contribution >= 4 is 34.4 Å². The third-order valence-corrected chi connectivity index (χ3v) is 6.14. The molecular weight excluding hydrogens is 444 g/mol. The summed E-state index contributed by atoms with van der Waals surface area (Å²) in [4.78, 5) is 21.6. The number of rotatable bonds is 7. The quantitative estimate of drug-likeness (QED) is 0.319. The van der Waals surface area contributed by atoms with Gasteiger partial charge in [-0.05, 0) is 49.9 Å². The maximum Gasteiger partial charge on any atom is 0.276 e. The molecule has 1 saturated carbocycles. The summed E-state index contributed by atoms with van der Waals surface area (Å²) >= 11 is 0. The van der Waals surface area contributed by atoms with Crippen LogP contribution in [0.2, 0.25) is 0 Å². The zero-order chi connectivity index (χ0) is 24.2. The lowest BCUT2D eigenvalue weighted by atomic mass is 9.92. The minimum Gasteiger partial charge on any atom is -0.495 e. The van der Waals surface area contributed by atoms with Crippen LogP contribution >= 0.6 is 0 Å². The Balaban J connectivity index is 1.52. The maximum atomic E-state index is 13.1. The number of carbonyl (C=O) groups is 1. The van der Waals surface area contributed by atoms with E-state index < -0.39 is 0 Å². The fourth-order valence-corrected chi connectivity index (χ4v) is 4.28. The third kappa shape index (κ3) is 5.02. The summed E-state index contributed by atoms with van der Waals surface area (Å²) in [5, 5.41) is 14.5. The standard InChI is InChI=1S/C25H28N8O2/c1-35-22-5-3-2-4-19(22)31-20-14-23(29-17-8-6-16(26)7-9-17)32-33-21(15-28-24(20)33)25(34)30-18-10-12-27-13-11-18/h2-5,10-17,31H,6-9,26H2,1H3,(H,29,32)(H,27,30,34)/t16-,17-. The Hall–Kier alpha value is -4.18. The van der Waals surface area contributed by atoms with Crippen molar-refractivity contribution in [2.24, 2.45) is 5.73 Å². The summed E-state index contributed by atoms with van der Waals surface area (Å²) in [6.45, 7) is 0. The molecule has 0 bridgehead atoms. The summed E-state index contributed by atoms with van der Waals surface area (Å²) in [6, 6.07) is 13.5. The van der Waals surface area contributed by atoms with Gasteiger partial charge in [0.2, 0.25) is 0 Å². The number of benzene rings is 1. The van der Waals surface area contributed by atoms with Crippen LogP contribution in [-0.4, -0.2) is 44.7 Å². The van der Waals surface area contributed by atoms with E-state index in [1.54, 1.807) is 36.2 Å². The molecule has 0 aliphatic heterocycles. The average Bonchev–Trinajstić information content (AvgIpc) is 3.31. The van der Waals surface area contributed by atoms with Crippen LogP contribution in [-0.2, 0) is 0 Å². The van der Waals surface area contributed by atoms with Crippen LogP contribution in [0.1, 0.15) is 36.2 Å². The van der Waals surface area contributed by atoms with Crippen LogP contribution < -0.4 is 26.4 Å². The van der Waals surface area contributed by atoms with Crippen LogP contribution in [0.4, 0.5) is 22.9 Å². The topological polar surface area (TPSA) is 131 Å². The van der Waals surface area contributed by atoms with Gasteiger partial charge in [-0.2, -0.15) is 0 Å². The molecule has 1 amide bonds. The van der Waals surface area contributed by atoms with Crippen molar-refractivity contribution in [1.29, 1.82) is 0 Å². The number of pyridine rings is 1. The Bertz CT molecular complexity index is 1320. The number of nitrogens with one attached hydrogen (secondary N) is 3. The molecule has 5 rings (SSSR count). The molecule has 5 N–H and O–H groups in total. The lowest BCUT2D eigenvalue weighted by Gasteiger charge is -2.27. The van der Waals surface area contributed by atoms with E-state index in [2.05, 4.69) is 25.9 Å². The SMILES string of the molecule is COc1ccccc1Nc1cc(N[C@H]2CC[C@H](N)CC2)nn2c(C(=O)Nc3ccncc3)cnc12. The first-order valence-electron chi connectivity index (χ1n) is 11.6. The van der Waals surface area contributed by atoms with Gasteiger partial charge < -0.3 is 26.4 Å². The molecule has 1 aliphatic rings. The average molecular weight is 473 g/mol. The van der Waals surface area contributed by atoms with E-state index >= 15 is 0 Å². The lowest BCUT2D eigenvalue weighted by molar-refractivity contribution is 0.102. The van der Waals surface area contributed by atoms with Gasteiger partial charge in [-0.25, -0.2) is 9.50 Å². The van der Waals surface area contributed by atoms with Crippen LogP contribution in [0.25, 0.3) is 5.65 Å². The molecule has 180 valence electrons. The van der Waals surface area contributed by atoms with Crippen molar-refractivity contribution in [1.82, 2.24) is 19.6 Å². The summed E-state index contributed by atoms with van der Waals surface area (Å²) in [6.07, 6.45) is 8.64. The second-order valence-corrected chi connectivity index (χ2v) is 8.59. The fourth-order valence-electron chi connectivity index (χ4n) is 4.28. The van der Waals surface area contributed by atoms with E-state index in [4.69, 9.17) is 15.6 Å². The fraction of sp³-hybridized carbons (Fsp3) is 0.280. The smallest absolute Gasteiger partial charge is 0.276 e. The van der Waals surface area contributed by atoms with Gasteiger partial charge in [0.1, 0.15) is 11.6 Å². The Morgan fingerprint density at radius 1 is 1.09 bits per heavy atom. The highest BCUT2D eigenvalue weighted by molar-refractivity contribution is 6.03. The Morgan fingerprint density at radius 2 is 1.86 bits per heavy atom. The summed E-state index contributed by atoms with van der Waals surface area (Å²) < 4.78 is 7.06. The molecule has 1 aromatic carbocycles. The van der Waals surface area contributed by atoms with Gasteiger partial charge in [0.05, 0.1) is 24.7 Å². The second-order valence-electron chi connectivity index (χ2n) is 8.59. The number of nitrogens with two attached hydrogens (primary N) is 1. The normalized spacial score (nSPS) is 17.7. The van der Waals surface area contributed by atoms with E-state index in [1.165, 1.54) is 6.20 Å². The summed E-state index contributed by atoms with van der Waals surface area (Å²) in [7, 11) is 1.63. The molecule has 3 heterocycles. The van der Waals surface area contributed by atoms with Crippen molar-refractivity contribution in [3.8, 4) is 5.75 Å². The summed E-state index contributed by atoms with van der Waals surface area (Å²) in [5.41, 5.74) is 9.03. The molecule has 35 heavy (non-hydrogen) atoms. The van der Waals surface area contributed by atoms with Crippen molar-refractivity contribution < 1.29 is 9.53 Å². The van der Waals surface area contributed by atoms with Gasteiger partial charge in [0, 0.05) is 36.2 Å². The molecule has 0 unspecified atom stereocenters. The number of hydrogen-bond acceptors (Lipinski definition) is 8. The van der Waals surface area contributed by atoms with E-state index in [1.807, 2.05) is 30.3 Å². The van der Waals surface area contributed by atoms with Crippen LogP contribution in [0.3, 0.4) is 0 Å². The number of ether oxygens (including phenoxy) is 1. The number of amides is 1. The van der Waals surface area contributed by atoms with Gasteiger partial charge >= 0.3 is 0 Å². The molecule has 10 heteroatoms. The van der Waals surface area contributed by atoms with Crippen molar-refractivity contribution in [3.05, 3.63) is 66.7 Å². The molecular formula is C25H28N8O2. The van der Waals surface area contributed by atoms with Gasteiger partial charge in [-0.1, -0.05) is 12.1 Å². The zero-order valence-electron chi connectivity index (χ0n) is 19.4. The second kappa shape index (κ2) is 9.98. The molecule has 0 atom stereocenters. The van der Waals surface area contributed by atoms with E-state index in [0.29, 0.717) is 34.3 Å². The largest absolute Gasteiger partial charge is 0.495 e. The number of nitrogens with zero attached hydrogens (tertiary/aromatic N) is 4. The Labute approximate surface area is 202 Å². The monoisotopic (exact) mass is 472 g/mol. The predicted molar refractivity (Wildman–Crippen MR) is 135 cm³/mol. The predicted octanol–water partition coefficient (Wildman–Crippen LogP) is 3.81. The number of carbonyl (C=O) groups excluding carboxylic acids is 1. The Morgan fingerprint density at radius 3 is 2.63 bits per heavy atom. The molecule has 1 fully saturated rings. The first-order valence-corrected chi connectivity index (χ1v) is 11.6. The number of aromatic nitrogens is 4. The van der Waals surface area contributed by atoms with Gasteiger partial charge in [-0.3, -0.25) is 9.78 Å². The molecule has 0 spiro atoms. The van der Waals surface area contributed by atoms with Gasteiger partial charge in [0.25, 0.3) is 5.91 Å². The van der Waals surface area contributed by atoms with Crippen molar-refractivity contribution in [2.45, 2.75) is 37.8 Å². The van der Waals surface area contributed by atoms with Crippen molar-refractivity contribution in [3.63, 3.8) is 0 Å². The van der Waals surface area contributed by atoms with E-state index in [9.17, 15) is 4.79 Å². The minimum absolute atomic E-state index is 0.253. The lowest BCUT2D eigenvalue weighted by Crippen LogP contribution is -2.33. The van der Waals surface area contributed by atoms with E-state index in [0.717, 1.165) is 31.4 Å². The van der Waals surface area contributed by atoms with Crippen LogP contribution in [0.15, 0.2) is 61.1 Å². The Kier molecular flexibility index (Phi) is 6.44. The van der Waals surface area contributed by atoms with E-state index in [-0.39, 0.29) is 18.0 Å². The molecule has 3 aromatic heterocycles. The highest BCUT2D eigenvalue weighted by Gasteiger charge is 2.21. The summed E-state index contributed by atoms with van der Waals surface area (Å²) in [5.74, 6) is 1.02. The van der Waals surface area contributed by atoms with Crippen LogP contribution in [0.5, 0.6) is 5.75 Å². The molecule has 1 aliphatic carbocycles. The molecule has 0 radical (unpaired) electrons. The first-order chi connectivity index (χ1) is 17.1. The number of para-hydroxylation sites is 2. The first kappa shape index (κ1) is 22.6. The van der Waals surface area contributed by atoms with Crippen molar-refractivity contribution in [2.75, 3.05) is 23.1 Å². The third-order valence-electron chi connectivity index (χ3n) is 6.14.